The van der Waals surface area contributed by atoms with E-state index in [1.165, 1.54) is 11.8 Å². The number of halogens is 3. The second-order valence-electron chi connectivity index (χ2n) is 4.89. The van der Waals surface area contributed by atoms with Crippen LogP contribution < -0.4 is 5.32 Å². The third kappa shape index (κ3) is 6.72. The largest absolute Gasteiger partial charge is 0.456 e. The number of anilines is 1. The number of rotatable bonds is 7. The number of amides is 1. The van der Waals surface area contributed by atoms with E-state index in [1.807, 2.05) is 12.1 Å². The number of hydrogen-bond donors (Lipinski definition) is 1. The van der Waals surface area contributed by atoms with Crippen molar-refractivity contribution in [3.63, 3.8) is 0 Å². The molecule has 4 nitrogen and oxygen atoms in total. The maximum atomic E-state index is 13.4. The number of nitrogens with one attached hydrogen (secondary N) is 1. The van der Waals surface area contributed by atoms with Gasteiger partial charge < -0.3 is 10.1 Å². The molecular formula is C17H14ClF2NO3S. The highest BCUT2D eigenvalue weighted by atomic mass is 35.5. The van der Waals surface area contributed by atoms with E-state index >= 15 is 0 Å². The van der Waals surface area contributed by atoms with Crippen molar-refractivity contribution in [3.8, 4) is 0 Å². The molecule has 2 aromatic rings. The summed E-state index contributed by atoms with van der Waals surface area (Å²) in [6.07, 6.45) is 0.106. The summed E-state index contributed by atoms with van der Waals surface area (Å²) < 4.78 is 31.2. The molecule has 0 heterocycles. The normalized spacial score (nSPS) is 10.4. The lowest BCUT2D eigenvalue weighted by atomic mass is 10.3. The van der Waals surface area contributed by atoms with Crippen molar-refractivity contribution in [2.24, 2.45) is 0 Å². The number of ether oxygens (including phenoxy) is 1. The molecular weight excluding hydrogens is 372 g/mol. The minimum absolute atomic E-state index is 0.106. The van der Waals surface area contributed by atoms with Crippen LogP contribution in [0.1, 0.15) is 6.42 Å². The number of benzene rings is 2. The Labute approximate surface area is 152 Å². The first-order valence-corrected chi connectivity index (χ1v) is 8.59. The van der Waals surface area contributed by atoms with E-state index in [1.54, 1.807) is 12.1 Å². The van der Waals surface area contributed by atoms with Gasteiger partial charge in [0.15, 0.2) is 6.61 Å². The van der Waals surface area contributed by atoms with E-state index in [9.17, 15) is 18.4 Å². The van der Waals surface area contributed by atoms with Crippen molar-refractivity contribution in [2.75, 3.05) is 17.7 Å². The fraction of sp³-hybridized carbons (Fsp3) is 0.176. The second-order valence-corrected chi connectivity index (χ2v) is 6.49. The van der Waals surface area contributed by atoms with Crippen molar-refractivity contribution in [1.29, 1.82) is 0 Å². The minimum atomic E-state index is -0.777. The second kappa shape index (κ2) is 9.39. The van der Waals surface area contributed by atoms with Crippen LogP contribution in [0.5, 0.6) is 0 Å². The SMILES string of the molecule is O=C(COC(=O)CCSc1ccc(Cl)cc1)Nc1cc(F)ccc1F. The van der Waals surface area contributed by atoms with E-state index in [0.717, 1.165) is 23.1 Å². The van der Waals surface area contributed by atoms with Crippen LogP contribution in [0.2, 0.25) is 5.02 Å². The summed E-state index contributed by atoms with van der Waals surface area (Å²) in [5, 5.41) is 2.77. The number of thioether (sulfide) groups is 1. The Morgan fingerprint density at radius 3 is 2.56 bits per heavy atom. The molecule has 0 unspecified atom stereocenters. The van der Waals surface area contributed by atoms with Crippen LogP contribution in [0.25, 0.3) is 0 Å². The molecule has 0 radical (unpaired) electrons. The molecule has 2 rings (SSSR count). The van der Waals surface area contributed by atoms with Gasteiger partial charge in [0.1, 0.15) is 11.6 Å². The molecule has 0 aliphatic rings. The first-order valence-electron chi connectivity index (χ1n) is 7.23. The Morgan fingerprint density at radius 2 is 1.84 bits per heavy atom. The van der Waals surface area contributed by atoms with Gasteiger partial charge in [0, 0.05) is 21.7 Å². The molecule has 0 fully saturated rings. The summed E-state index contributed by atoms with van der Waals surface area (Å²) in [5.74, 6) is -2.30. The number of hydrogen-bond acceptors (Lipinski definition) is 4. The zero-order valence-electron chi connectivity index (χ0n) is 12.9. The summed E-state index contributed by atoms with van der Waals surface area (Å²) >= 11 is 7.22. The highest BCUT2D eigenvalue weighted by Gasteiger charge is 2.11. The lowest BCUT2D eigenvalue weighted by molar-refractivity contribution is -0.146. The van der Waals surface area contributed by atoms with Crippen molar-refractivity contribution in [1.82, 2.24) is 0 Å². The molecule has 0 spiro atoms. The zero-order chi connectivity index (χ0) is 18.2. The topological polar surface area (TPSA) is 55.4 Å². The molecule has 2 aromatic carbocycles. The van der Waals surface area contributed by atoms with Crippen LogP contribution >= 0.6 is 23.4 Å². The Balaban J connectivity index is 1.69. The average molecular weight is 386 g/mol. The molecule has 0 aromatic heterocycles. The highest BCUT2D eigenvalue weighted by molar-refractivity contribution is 7.99. The van der Waals surface area contributed by atoms with Gasteiger partial charge in [-0.3, -0.25) is 9.59 Å². The predicted octanol–water partition coefficient (Wildman–Crippen LogP) is 4.28. The van der Waals surface area contributed by atoms with Crippen molar-refractivity contribution < 1.29 is 23.1 Å². The van der Waals surface area contributed by atoms with Gasteiger partial charge in [-0.15, -0.1) is 11.8 Å². The van der Waals surface area contributed by atoms with Gasteiger partial charge in [-0.25, -0.2) is 8.78 Å². The van der Waals surface area contributed by atoms with Gasteiger partial charge in [-0.2, -0.15) is 0 Å². The number of esters is 1. The first kappa shape index (κ1) is 19.2. The highest BCUT2D eigenvalue weighted by Crippen LogP contribution is 2.21. The molecule has 0 aliphatic heterocycles. The fourth-order valence-electron chi connectivity index (χ4n) is 1.78. The lowest BCUT2D eigenvalue weighted by Gasteiger charge is -2.07. The Bertz CT molecular complexity index is 756. The molecule has 1 amide bonds. The molecule has 132 valence electrons. The third-order valence-corrected chi connectivity index (χ3v) is 4.22. The quantitative estimate of drug-likeness (QED) is 0.571. The molecule has 0 bridgehead atoms. The van der Waals surface area contributed by atoms with E-state index < -0.39 is 30.1 Å². The molecule has 0 atom stereocenters. The molecule has 0 saturated carbocycles. The van der Waals surface area contributed by atoms with Gasteiger partial charge >= 0.3 is 5.97 Å². The van der Waals surface area contributed by atoms with Crippen LogP contribution in [-0.2, 0) is 14.3 Å². The van der Waals surface area contributed by atoms with Crippen LogP contribution in [0.15, 0.2) is 47.4 Å². The summed E-state index contributed by atoms with van der Waals surface area (Å²) in [7, 11) is 0. The molecule has 0 saturated heterocycles. The van der Waals surface area contributed by atoms with Gasteiger partial charge in [-0.1, -0.05) is 11.6 Å². The van der Waals surface area contributed by atoms with Crippen LogP contribution in [0.3, 0.4) is 0 Å². The van der Waals surface area contributed by atoms with Crippen molar-refractivity contribution in [2.45, 2.75) is 11.3 Å². The van der Waals surface area contributed by atoms with Crippen molar-refractivity contribution >= 4 is 40.9 Å². The van der Waals surface area contributed by atoms with E-state index in [2.05, 4.69) is 5.32 Å². The molecule has 8 heteroatoms. The van der Waals surface area contributed by atoms with Crippen LogP contribution in [0.4, 0.5) is 14.5 Å². The smallest absolute Gasteiger partial charge is 0.307 e. The zero-order valence-corrected chi connectivity index (χ0v) is 14.5. The monoisotopic (exact) mass is 385 g/mol. The Kier molecular flexibility index (Phi) is 7.21. The van der Waals surface area contributed by atoms with E-state index in [4.69, 9.17) is 16.3 Å². The maximum absolute atomic E-state index is 13.4. The molecule has 1 N–H and O–H groups in total. The molecule has 25 heavy (non-hydrogen) atoms. The summed E-state index contributed by atoms with van der Waals surface area (Å²) in [4.78, 5) is 24.2. The average Bonchev–Trinajstić information content (AvgIpc) is 2.58. The maximum Gasteiger partial charge on any atom is 0.307 e. The molecule has 0 aliphatic carbocycles. The fourth-order valence-corrected chi connectivity index (χ4v) is 2.74. The van der Waals surface area contributed by atoms with Crippen LogP contribution in [0, 0.1) is 11.6 Å². The van der Waals surface area contributed by atoms with Gasteiger partial charge in [-0.05, 0) is 36.4 Å². The standard InChI is InChI=1S/C17H14ClF2NO3S/c18-11-1-4-13(5-2-11)25-8-7-17(23)24-10-16(22)21-15-9-12(19)3-6-14(15)20/h1-6,9H,7-8,10H2,(H,21,22). The van der Waals surface area contributed by atoms with E-state index in [-0.39, 0.29) is 12.1 Å². The van der Waals surface area contributed by atoms with Gasteiger partial charge in [0.25, 0.3) is 5.91 Å². The lowest BCUT2D eigenvalue weighted by Crippen LogP contribution is -2.21. The third-order valence-electron chi connectivity index (χ3n) is 2.96. The Morgan fingerprint density at radius 1 is 1.12 bits per heavy atom. The van der Waals surface area contributed by atoms with Crippen molar-refractivity contribution in [3.05, 3.63) is 59.1 Å². The Hall–Kier alpha value is -2.12. The van der Waals surface area contributed by atoms with Crippen LogP contribution in [-0.4, -0.2) is 24.2 Å². The summed E-state index contributed by atoms with van der Waals surface area (Å²) in [5.41, 5.74) is -0.306. The number of carbonyl (C=O) groups is 2. The van der Waals surface area contributed by atoms with Gasteiger partial charge in [0.05, 0.1) is 12.1 Å². The van der Waals surface area contributed by atoms with Gasteiger partial charge in [0.2, 0.25) is 0 Å². The first-order chi connectivity index (χ1) is 11.9. The number of carbonyl (C=O) groups excluding carboxylic acids is 2. The van der Waals surface area contributed by atoms with E-state index in [0.29, 0.717) is 10.8 Å². The minimum Gasteiger partial charge on any atom is -0.456 e. The summed E-state index contributed by atoms with van der Waals surface area (Å²) in [6, 6.07) is 9.83. The summed E-state index contributed by atoms with van der Waals surface area (Å²) in [6.45, 7) is -0.569. The predicted molar refractivity (Wildman–Crippen MR) is 92.7 cm³/mol.